The fraction of sp³-hybridized carbons (Fsp3) is 0.154. The third-order valence-corrected chi connectivity index (χ3v) is 5.14. The molecule has 1 heterocycles. The number of nitrogens with zero attached hydrogens (tertiary/aromatic N) is 2. The number of benzene rings is 3. The number of ether oxygens (including phenoxy) is 2. The van der Waals surface area contributed by atoms with Crippen molar-refractivity contribution in [3.8, 4) is 11.5 Å². The van der Waals surface area contributed by atoms with Crippen molar-refractivity contribution in [2.24, 2.45) is 5.10 Å². The van der Waals surface area contributed by atoms with Crippen LogP contribution in [-0.4, -0.2) is 24.8 Å². The Morgan fingerprint density at radius 3 is 2.25 bits per heavy atom. The van der Waals surface area contributed by atoms with Gasteiger partial charge < -0.3 is 9.47 Å². The van der Waals surface area contributed by atoms with Crippen LogP contribution < -0.4 is 14.5 Å². The zero-order chi connectivity index (χ0) is 22.5. The molecular weight excluding hydrogens is 424 g/mol. The molecule has 3 aromatic carbocycles. The maximum absolute atomic E-state index is 13.4. The number of carbonyl (C=O) groups is 1. The van der Waals surface area contributed by atoms with E-state index in [1.165, 1.54) is 5.01 Å². The molecule has 3 aromatic rings. The summed E-state index contributed by atoms with van der Waals surface area (Å²) in [4.78, 5) is 13.4. The molecule has 0 fully saturated rings. The van der Waals surface area contributed by atoms with Crippen molar-refractivity contribution >= 4 is 35.0 Å². The molecule has 0 N–H and O–H groups in total. The first kappa shape index (κ1) is 21.7. The molecule has 0 atom stereocenters. The van der Waals surface area contributed by atoms with Crippen LogP contribution in [0.3, 0.4) is 0 Å². The minimum atomic E-state index is -0.210. The number of hydrazone groups is 1. The van der Waals surface area contributed by atoms with Crippen molar-refractivity contribution in [2.45, 2.75) is 13.8 Å². The largest absolute Gasteiger partial charge is 0.490 e. The lowest BCUT2D eigenvalue weighted by molar-refractivity contribution is -0.114. The van der Waals surface area contributed by atoms with E-state index in [2.05, 4.69) is 5.10 Å². The Labute approximate surface area is 192 Å². The van der Waals surface area contributed by atoms with Gasteiger partial charge in [-0.25, -0.2) is 0 Å². The van der Waals surface area contributed by atoms with Crippen LogP contribution in [0.15, 0.2) is 83.5 Å². The van der Waals surface area contributed by atoms with E-state index in [1.54, 1.807) is 12.1 Å². The van der Waals surface area contributed by atoms with Crippen molar-refractivity contribution in [3.63, 3.8) is 0 Å². The molecule has 0 unspecified atom stereocenters. The molecule has 0 saturated heterocycles. The Morgan fingerprint density at radius 2 is 1.59 bits per heavy atom. The van der Waals surface area contributed by atoms with Gasteiger partial charge in [0.2, 0.25) is 0 Å². The van der Waals surface area contributed by atoms with Crippen molar-refractivity contribution in [2.75, 3.05) is 18.2 Å². The van der Waals surface area contributed by atoms with E-state index >= 15 is 0 Å². The highest BCUT2D eigenvalue weighted by Gasteiger charge is 2.32. The van der Waals surface area contributed by atoms with Gasteiger partial charge in [-0.2, -0.15) is 10.1 Å². The van der Waals surface area contributed by atoms with Gasteiger partial charge in [0.25, 0.3) is 5.91 Å². The summed E-state index contributed by atoms with van der Waals surface area (Å²) in [6.45, 7) is 4.72. The maximum atomic E-state index is 13.4. The number of carbonyl (C=O) groups excluding carboxylic acids is 1. The third-order valence-electron chi connectivity index (χ3n) is 4.86. The van der Waals surface area contributed by atoms with Gasteiger partial charge in [0, 0.05) is 5.56 Å². The summed E-state index contributed by atoms with van der Waals surface area (Å²) in [7, 11) is 0. The highest BCUT2D eigenvalue weighted by Crippen LogP contribution is 2.38. The maximum Gasteiger partial charge on any atom is 0.281 e. The number of hydrogen-bond acceptors (Lipinski definition) is 4. The predicted octanol–water partition coefficient (Wildman–Crippen LogP) is 5.97. The number of anilines is 1. The van der Waals surface area contributed by atoms with E-state index < -0.39 is 0 Å². The first-order chi connectivity index (χ1) is 15.6. The molecule has 162 valence electrons. The summed E-state index contributed by atoms with van der Waals surface area (Å²) in [5, 5.41) is 6.51. The van der Waals surface area contributed by atoms with Gasteiger partial charge in [0.05, 0.1) is 29.5 Å². The topological polar surface area (TPSA) is 51.1 Å². The first-order valence-electron chi connectivity index (χ1n) is 10.5. The van der Waals surface area contributed by atoms with Crippen molar-refractivity contribution in [1.82, 2.24) is 0 Å². The molecule has 32 heavy (non-hydrogen) atoms. The highest BCUT2D eigenvalue weighted by atomic mass is 35.5. The lowest BCUT2D eigenvalue weighted by atomic mass is 10.00. The summed E-state index contributed by atoms with van der Waals surface area (Å²) in [5.41, 5.74) is 3.36. The average molecular weight is 447 g/mol. The SMILES string of the molecule is CCOc1cc(/C=C2\C(=O)N(c3ccccc3)N=C2c2ccccc2)cc(Cl)c1OCC. The standard InChI is InChI=1S/C26H23ClN2O3/c1-3-31-23-17-18(16-22(27)25(23)32-4-2)15-21-24(19-11-7-5-8-12-19)28-29(26(21)30)20-13-9-6-10-14-20/h5-17H,3-4H2,1-2H3/b21-15-. The Hall–Kier alpha value is -3.57. The van der Waals surface area contributed by atoms with Crippen molar-refractivity contribution in [1.29, 1.82) is 0 Å². The average Bonchev–Trinajstić information content (AvgIpc) is 3.13. The Balaban J connectivity index is 1.82. The number of halogens is 1. The fourth-order valence-corrected chi connectivity index (χ4v) is 3.76. The Bertz CT molecular complexity index is 1170. The van der Waals surface area contributed by atoms with Gasteiger partial charge in [0.15, 0.2) is 11.5 Å². The number of amides is 1. The third kappa shape index (κ3) is 4.39. The molecule has 4 rings (SSSR count). The van der Waals surface area contributed by atoms with Crippen LogP contribution >= 0.6 is 11.6 Å². The first-order valence-corrected chi connectivity index (χ1v) is 10.8. The van der Waals surface area contributed by atoms with Gasteiger partial charge in [-0.3, -0.25) is 4.79 Å². The molecule has 0 spiro atoms. The van der Waals surface area contributed by atoms with E-state index in [1.807, 2.05) is 80.6 Å². The van der Waals surface area contributed by atoms with Crippen LogP contribution in [0.4, 0.5) is 5.69 Å². The zero-order valence-corrected chi connectivity index (χ0v) is 18.7. The molecule has 0 aliphatic carbocycles. The lowest BCUT2D eigenvalue weighted by Gasteiger charge is -2.14. The van der Waals surface area contributed by atoms with E-state index in [4.69, 9.17) is 21.1 Å². The van der Waals surface area contributed by atoms with E-state index in [0.717, 1.165) is 11.1 Å². The van der Waals surface area contributed by atoms with Crippen LogP contribution in [0.25, 0.3) is 6.08 Å². The van der Waals surface area contributed by atoms with Crippen molar-refractivity contribution < 1.29 is 14.3 Å². The Kier molecular flexibility index (Phi) is 6.57. The number of hydrogen-bond donors (Lipinski definition) is 0. The molecule has 0 saturated carbocycles. The van der Waals surface area contributed by atoms with Gasteiger partial charge >= 0.3 is 0 Å². The van der Waals surface area contributed by atoms with E-state index in [-0.39, 0.29) is 5.91 Å². The van der Waals surface area contributed by atoms with Crippen LogP contribution in [0.2, 0.25) is 5.02 Å². The normalized spacial score (nSPS) is 14.6. The van der Waals surface area contributed by atoms with Crippen LogP contribution in [-0.2, 0) is 4.79 Å². The molecule has 1 aliphatic rings. The van der Waals surface area contributed by atoms with E-state index in [0.29, 0.717) is 46.7 Å². The molecule has 0 aromatic heterocycles. The summed E-state index contributed by atoms with van der Waals surface area (Å²) in [6.07, 6.45) is 1.79. The van der Waals surface area contributed by atoms with Crippen LogP contribution in [0, 0.1) is 0 Å². The summed E-state index contributed by atoms with van der Waals surface area (Å²) in [5.74, 6) is 0.828. The van der Waals surface area contributed by atoms with E-state index in [9.17, 15) is 4.79 Å². The lowest BCUT2D eigenvalue weighted by Crippen LogP contribution is -2.21. The quantitative estimate of drug-likeness (QED) is 0.420. The van der Waals surface area contributed by atoms with Crippen molar-refractivity contribution in [3.05, 3.63) is 94.5 Å². The molecule has 1 aliphatic heterocycles. The molecule has 0 radical (unpaired) electrons. The number of para-hydroxylation sites is 1. The smallest absolute Gasteiger partial charge is 0.281 e. The van der Waals surface area contributed by atoms with Gasteiger partial charge in [0.1, 0.15) is 5.71 Å². The molecule has 6 heteroatoms. The van der Waals surface area contributed by atoms with Gasteiger partial charge in [-0.1, -0.05) is 60.1 Å². The van der Waals surface area contributed by atoms with Gasteiger partial charge in [-0.15, -0.1) is 0 Å². The molecular formula is C26H23ClN2O3. The second-order valence-corrected chi connectivity index (χ2v) is 7.43. The summed E-state index contributed by atoms with van der Waals surface area (Å²) >= 11 is 6.49. The zero-order valence-electron chi connectivity index (χ0n) is 17.9. The van der Waals surface area contributed by atoms with Crippen LogP contribution in [0.5, 0.6) is 11.5 Å². The molecule has 0 bridgehead atoms. The minimum Gasteiger partial charge on any atom is -0.490 e. The highest BCUT2D eigenvalue weighted by molar-refractivity contribution is 6.37. The van der Waals surface area contributed by atoms with Gasteiger partial charge in [-0.05, 0) is 49.8 Å². The summed E-state index contributed by atoms with van der Waals surface area (Å²) < 4.78 is 11.4. The minimum absolute atomic E-state index is 0.210. The predicted molar refractivity (Wildman–Crippen MR) is 129 cm³/mol. The monoisotopic (exact) mass is 446 g/mol. The summed E-state index contributed by atoms with van der Waals surface area (Å²) in [6, 6.07) is 22.6. The Morgan fingerprint density at radius 1 is 0.938 bits per heavy atom. The second-order valence-electron chi connectivity index (χ2n) is 7.02. The molecule has 1 amide bonds. The second kappa shape index (κ2) is 9.71. The number of rotatable bonds is 7. The molecule has 5 nitrogen and oxygen atoms in total. The fourth-order valence-electron chi connectivity index (χ4n) is 3.48. The van der Waals surface area contributed by atoms with Crippen LogP contribution in [0.1, 0.15) is 25.0 Å².